The van der Waals surface area contributed by atoms with Crippen molar-refractivity contribution in [1.29, 1.82) is 0 Å². The van der Waals surface area contributed by atoms with Crippen molar-refractivity contribution in [3.05, 3.63) is 70.9 Å². The fourth-order valence-electron chi connectivity index (χ4n) is 2.07. The molecule has 2 rings (SSSR count). The second-order valence-corrected chi connectivity index (χ2v) is 4.91. The molecule has 0 atom stereocenters. The second-order valence-electron chi connectivity index (χ2n) is 4.91. The number of benzene rings is 1. The molecular formula is C17H19N3O3. The zero-order valence-corrected chi connectivity index (χ0v) is 12.7. The Morgan fingerprint density at radius 2 is 2.04 bits per heavy atom. The number of rotatable bonds is 7. The van der Waals surface area contributed by atoms with Crippen LogP contribution < -0.4 is 5.69 Å². The van der Waals surface area contributed by atoms with Crippen LogP contribution in [0.2, 0.25) is 0 Å². The van der Waals surface area contributed by atoms with E-state index < -0.39 is 5.69 Å². The van der Waals surface area contributed by atoms with Crippen molar-refractivity contribution in [2.45, 2.75) is 6.54 Å². The molecule has 1 aromatic carbocycles. The Bertz CT molecular complexity index is 710. The summed E-state index contributed by atoms with van der Waals surface area (Å²) < 4.78 is 1.24. The molecule has 0 bridgehead atoms. The fourth-order valence-corrected chi connectivity index (χ4v) is 2.07. The number of aliphatic hydroxyl groups excluding tert-OH is 1. The molecule has 0 aliphatic heterocycles. The molecule has 1 heterocycles. The predicted octanol–water partition coefficient (Wildman–Crippen LogP) is 0.778. The van der Waals surface area contributed by atoms with E-state index in [9.17, 15) is 9.59 Å². The van der Waals surface area contributed by atoms with Gasteiger partial charge in [0.15, 0.2) is 0 Å². The molecule has 1 N–H and O–H groups in total. The zero-order chi connectivity index (χ0) is 16.5. The van der Waals surface area contributed by atoms with Gasteiger partial charge in [-0.25, -0.2) is 9.78 Å². The minimum atomic E-state index is -0.468. The lowest BCUT2D eigenvalue weighted by Gasteiger charge is -2.20. The number of nitrogens with zero attached hydrogens (tertiary/aromatic N) is 3. The van der Waals surface area contributed by atoms with Crippen molar-refractivity contribution in [1.82, 2.24) is 14.5 Å². The molecule has 0 saturated heterocycles. The largest absolute Gasteiger partial charge is 0.395 e. The molecule has 0 radical (unpaired) electrons. The summed E-state index contributed by atoms with van der Waals surface area (Å²) >= 11 is 0. The highest BCUT2D eigenvalue weighted by Gasteiger charge is 2.12. The Hall–Kier alpha value is -2.73. The average molecular weight is 313 g/mol. The van der Waals surface area contributed by atoms with Crippen LogP contribution in [-0.2, 0) is 11.3 Å². The first-order chi connectivity index (χ1) is 11.2. The summed E-state index contributed by atoms with van der Waals surface area (Å²) in [5.41, 5.74) is 0.567. The molecular weight excluding hydrogens is 294 g/mol. The van der Waals surface area contributed by atoms with Crippen molar-refractivity contribution in [2.75, 3.05) is 19.7 Å². The first kappa shape index (κ1) is 16.6. The summed E-state index contributed by atoms with van der Waals surface area (Å²) in [6.07, 6.45) is 6.67. The predicted molar refractivity (Wildman–Crippen MR) is 87.6 cm³/mol. The second kappa shape index (κ2) is 8.65. The first-order valence-electron chi connectivity index (χ1n) is 7.32. The fraction of sp³-hybridized carbons (Fsp3) is 0.235. The molecule has 0 fully saturated rings. The van der Waals surface area contributed by atoms with Crippen LogP contribution in [-0.4, -0.2) is 45.2 Å². The third kappa shape index (κ3) is 5.19. The molecule has 23 heavy (non-hydrogen) atoms. The molecule has 0 aliphatic rings. The maximum Gasteiger partial charge on any atom is 0.347 e. The van der Waals surface area contributed by atoms with Gasteiger partial charge in [-0.1, -0.05) is 42.5 Å². The Morgan fingerprint density at radius 1 is 1.26 bits per heavy atom. The van der Waals surface area contributed by atoms with Gasteiger partial charge in [0.1, 0.15) is 6.54 Å². The highest BCUT2D eigenvalue weighted by atomic mass is 16.3. The summed E-state index contributed by atoms with van der Waals surface area (Å²) in [6.45, 7) is 0.356. The monoisotopic (exact) mass is 313 g/mol. The van der Waals surface area contributed by atoms with E-state index >= 15 is 0 Å². The lowest BCUT2D eigenvalue weighted by molar-refractivity contribution is -0.131. The average Bonchev–Trinajstić information content (AvgIpc) is 2.57. The van der Waals surface area contributed by atoms with Gasteiger partial charge in [-0.3, -0.25) is 9.36 Å². The highest BCUT2D eigenvalue weighted by molar-refractivity contribution is 5.76. The molecule has 2 aromatic rings. The molecule has 0 spiro atoms. The van der Waals surface area contributed by atoms with Crippen molar-refractivity contribution in [3.63, 3.8) is 0 Å². The molecule has 6 nitrogen and oxygen atoms in total. The van der Waals surface area contributed by atoms with Crippen LogP contribution >= 0.6 is 0 Å². The number of amides is 1. The smallest absolute Gasteiger partial charge is 0.347 e. The van der Waals surface area contributed by atoms with E-state index in [1.807, 2.05) is 42.5 Å². The molecule has 0 unspecified atom stereocenters. The third-order valence-corrected chi connectivity index (χ3v) is 3.25. The van der Waals surface area contributed by atoms with Crippen molar-refractivity contribution >= 4 is 12.0 Å². The van der Waals surface area contributed by atoms with Crippen LogP contribution in [0.1, 0.15) is 5.56 Å². The highest BCUT2D eigenvalue weighted by Crippen LogP contribution is 2.02. The summed E-state index contributed by atoms with van der Waals surface area (Å²) in [5.74, 6) is -0.244. The standard InChI is InChI=1S/C17H19N3O3/c21-13-12-19(10-4-8-15-6-2-1-3-7-15)16(22)14-20-11-5-9-18-17(20)23/h1-9,11,21H,10,12-14H2. The van der Waals surface area contributed by atoms with Crippen molar-refractivity contribution < 1.29 is 9.90 Å². The number of aromatic nitrogens is 2. The quantitative estimate of drug-likeness (QED) is 0.819. The summed E-state index contributed by atoms with van der Waals surface area (Å²) in [5, 5.41) is 9.12. The summed E-state index contributed by atoms with van der Waals surface area (Å²) in [4.78, 5) is 29.0. The Kier molecular flexibility index (Phi) is 6.26. The number of carbonyl (C=O) groups is 1. The zero-order valence-electron chi connectivity index (χ0n) is 12.7. The van der Waals surface area contributed by atoms with Crippen molar-refractivity contribution in [2.24, 2.45) is 0 Å². The van der Waals surface area contributed by atoms with E-state index in [0.717, 1.165) is 5.56 Å². The first-order valence-corrected chi connectivity index (χ1v) is 7.32. The third-order valence-electron chi connectivity index (χ3n) is 3.25. The molecule has 6 heteroatoms. The minimum absolute atomic E-state index is 0.0914. The molecule has 1 amide bonds. The lowest BCUT2D eigenvalue weighted by atomic mass is 10.2. The van der Waals surface area contributed by atoms with Gasteiger partial charge in [-0.15, -0.1) is 0 Å². The van der Waals surface area contributed by atoms with Crippen LogP contribution in [0.5, 0.6) is 0 Å². The van der Waals surface area contributed by atoms with E-state index in [2.05, 4.69) is 4.98 Å². The number of aliphatic hydroxyl groups is 1. The van der Waals surface area contributed by atoms with E-state index in [-0.39, 0.29) is 25.6 Å². The van der Waals surface area contributed by atoms with Crippen LogP contribution in [0.4, 0.5) is 0 Å². The Labute approximate surface area is 134 Å². The maximum atomic E-state index is 12.3. The van der Waals surface area contributed by atoms with E-state index in [0.29, 0.717) is 6.54 Å². The SMILES string of the molecule is O=C(Cn1cccnc1=O)N(CC=Cc1ccccc1)CCO. The Balaban J connectivity index is 2.00. The normalized spacial score (nSPS) is 10.8. The van der Waals surface area contributed by atoms with Crippen molar-refractivity contribution in [3.8, 4) is 0 Å². The topological polar surface area (TPSA) is 75.4 Å². The maximum absolute atomic E-state index is 12.3. The van der Waals surface area contributed by atoms with E-state index in [1.165, 1.54) is 21.9 Å². The van der Waals surface area contributed by atoms with Gasteiger partial charge in [0, 0.05) is 25.5 Å². The van der Waals surface area contributed by atoms with Crippen LogP contribution in [0, 0.1) is 0 Å². The molecule has 120 valence electrons. The summed E-state index contributed by atoms with van der Waals surface area (Å²) in [6, 6.07) is 11.3. The summed E-state index contributed by atoms with van der Waals surface area (Å²) in [7, 11) is 0. The number of hydrogen-bond acceptors (Lipinski definition) is 4. The molecule has 0 saturated carbocycles. The van der Waals surface area contributed by atoms with Gasteiger partial charge >= 0.3 is 5.69 Å². The van der Waals surface area contributed by atoms with Crippen LogP contribution in [0.15, 0.2) is 59.7 Å². The van der Waals surface area contributed by atoms with Gasteiger partial charge in [0.05, 0.1) is 6.61 Å². The molecule has 1 aromatic heterocycles. The van der Waals surface area contributed by atoms with Gasteiger partial charge < -0.3 is 10.0 Å². The lowest BCUT2D eigenvalue weighted by Crippen LogP contribution is -2.38. The van der Waals surface area contributed by atoms with Crippen LogP contribution in [0.25, 0.3) is 6.08 Å². The minimum Gasteiger partial charge on any atom is -0.395 e. The van der Waals surface area contributed by atoms with E-state index in [1.54, 1.807) is 6.07 Å². The van der Waals surface area contributed by atoms with Gasteiger partial charge in [-0.2, -0.15) is 0 Å². The number of hydrogen-bond donors (Lipinski definition) is 1. The molecule has 0 aliphatic carbocycles. The van der Waals surface area contributed by atoms with Gasteiger partial charge in [0.25, 0.3) is 0 Å². The van der Waals surface area contributed by atoms with Crippen LogP contribution in [0.3, 0.4) is 0 Å². The van der Waals surface area contributed by atoms with Gasteiger partial charge in [0.2, 0.25) is 5.91 Å². The van der Waals surface area contributed by atoms with Gasteiger partial charge in [-0.05, 0) is 11.6 Å². The number of carbonyl (C=O) groups excluding carboxylic acids is 1. The Morgan fingerprint density at radius 3 is 2.74 bits per heavy atom. The van der Waals surface area contributed by atoms with E-state index in [4.69, 9.17) is 5.11 Å².